The van der Waals surface area contributed by atoms with Crippen molar-refractivity contribution in [3.8, 4) is 5.75 Å². The molecule has 1 heterocycles. The number of para-hydroxylation sites is 1. The van der Waals surface area contributed by atoms with E-state index < -0.39 is 22.0 Å². The molecule has 1 aliphatic heterocycles. The number of aliphatic carboxylic acids is 1. The Morgan fingerprint density at radius 1 is 1.04 bits per heavy atom. The SMILES string of the molecule is O=C(O)C1=CC(NS(=O)(=O)c2ccccc2)c2ccccc2O1. The zero-order valence-corrected chi connectivity index (χ0v) is 12.7. The molecule has 0 aliphatic carbocycles. The number of hydrogen-bond acceptors (Lipinski definition) is 4. The number of rotatable bonds is 4. The van der Waals surface area contributed by atoms with Gasteiger partial charge in [0.1, 0.15) is 5.75 Å². The van der Waals surface area contributed by atoms with Crippen molar-refractivity contribution in [3.63, 3.8) is 0 Å². The summed E-state index contributed by atoms with van der Waals surface area (Å²) in [7, 11) is -3.79. The lowest BCUT2D eigenvalue weighted by Crippen LogP contribution is -2.30. The lowest BCUT2D eigenvalue weighted by atomic mass is 10.0. The molecule has 1 unspecified atom stereocenters. The minimum Gasteiger partial charge on any atom is -0.475 e. The molecule has 1 atom stereocenters. The van der Waals surface area contributed by atoms with Gasteiger partial charge in [0.15, 0.2) is 0 Å². The highest BCUT2D eigenvalue weighted by molar-refractivity contribution is 7.89. The number of nitrogens with one attached hydrogen (secondary N) is 1. The topological polar surface area (TPSA) is 92.7 Å². The summed E-state index contributed by atoms with van der Waals surface area (Å²) in [5.74, 6) is -1.26. The summed E-state index contributed by atoms with van der Waals surface area (Å²) < 4.78 is 32.7. The van der Waals surface area contributed by atoms with Crippen molar-refractivity contribution < 1.29 is 23.1 Å². The van der Waals surface area contributed by atoms with Gasteiger partial charge in [0, 0.05) is 5.56 Å². The van der Waals surface area contributed by atoms with Gasteiger partial charge in [0.2, 0.25) is 15.8 Å². The third-order valence-corrected chi connectivity index (χ3v) is 4.80. The van der Waals surface area contributed by atoms with E-state index in [1.165, 1.54) is 18.2 Å². The van der Waals surface area contributed by atoms with Crippen LogP contribution in [0.5, 0.6) is 5.75 Å². The number of carbonyl (C=O) groups is 1. The molecule has 6 nitrogen and oxygen atoms in total. The van der Waals surface area contributed by atoms with Crippen LogP contribution in [0.3, 0.4) is 0 Å². The van der Waals surface area contributed by atoms with Gasteiger partial charge >= 0.3 is 5.97 Å². The van der Waals surface area contributed by atoms with Crippen molar-refractivity contribution in [1.82, 2.24) is 4.72 Å². The van der Waals surface area contributed by atoms with Crippen LogP contribution in [0.15, 0.2) is 71.3 Å². The molecule has 0 spiro atoms. The van der Waals surface area contributed by atoms with Crippen molar-refractivity contribution in [2.45, 2.75) is 10.9 Å². The molecule has 1 aliphatic rings. The Kier molecular flexibility index (Phi) is 3.89. The predicted octanol–water partition coefficient (Wildman–Crippen LogP) is 2.07. The number of carboxylic acids is 1. The van der Waals surface area contributed by atoms with Gasteiger partial charge in [-0.3, -0.25) is 0 Å². The Morgan fingerprint density at radius 3 is 2.39 bits per heavy atom. The minimum atomic E-state index is -3.79. The maximum Gasteiger partial charge on any atom is 0.371 e. The summed E-state index contributed by atoms with van der Waals surface area (Å²) in [5, 5.41) is 9.13. The largest absolute Gasteiger partial charge is 0.475 e. The molecule has 2 aromatic carbocycles. The first-order valence-corrected chi connectivity index (χ1v) is 8.25. The number of hydrogen-bond donors (Lipinski definition) is 2. The van der Waals surface area contributed by atoms with Crippen LogP contribution < -0.4 is 9.46 Å². The smallest absolute Gasteiger partial charge is 0.371 e. The molecule has 0 saturated heterocycles. The summed E-state index contributed by atoms with van der Waals surface area (Å²) >= 11 is 0. The predicted molar refractivity (Wildman–Crippen MR) is 82.3 cm³/mol. The zero-order chi connectivity index (χ0) is 16.4. The molecule has 2 N–H and O–H groups in total. The molecular formula is C16H13NO5S. The molecule has 23 heavy (non-hydrogen) atoms. The first kappa shape index (κ1) is 15.3. The Morgan fingerprint density at radius 2 is 1.70 bits per heavy atom. The van der Waals surface area contributed by atoms with Gasteiger partial charge < -0.3 is 9.84 Å². The van der Waals surface area contributed by atoms with Crippen molar-refractivity contribution in [2.75, 3.05) is 0 Å². The van der Waals surface area contributed by atoms with E-state index in [-0.39, 0.29) is 10.7 Å². The molecule has 0 saturated carbocycles. The van der Waals surface area contributed by atoms with E-state index in [0.717, 1.165) is 0 Å². The summed E-state index contributed by atoms with van der Waals surface area (Å²) in [6, 6.07) is 13.7. The normalized spacial score (nSPS) is 16.9. The van der Waals surface area contributed by atoms with Crippen LogP contribution in [0.4, 0.5) is 0 Å². The highest BCUT2D eigenvalue weighted by Gasteiger charge is 2.28. The Balaban J connectivity index is 2.00. The first-order valence-electron chi connectivity index (χ1n) is 6.76. The van der Waals surface area contributed by atoms with Crippen molar-refractivity contribution in [3.05, 3.63) is 72.0 Å². The number of sulfonamides is 1. The van der Waals surface area contributed by atoms with Gasteiger partial charge in [-0.2, -0.15) is 4.72 Å². The maximum absolute atomic E-state index is 12.5. The van der Waals surface area contributed by atoms with E-state index in [0.29, 0.717) is 11.3 Å². The fourth-order valence-electron chi connectivity index (χ4n) is 2.27. The van der Waals surface area contributed by atoms with Crippen LogP contribution in [0.25, 0.3) is 0 Å². The van der Waals surface area contributed by atoms with Crippen LogP contribution in [0, 0.1) is 0 Å². The van der Waals surface area contributed by atoms with Gasteiger partial charge in [-0.25, -0.2) is 13.2 Å². The second-order valence-electron chi connectivity index (χ2n) is 4.89. The Hall–Kier alpha value is -2.64. The van der Waals surface area contributed by atoms with E-state index >= 15 is 0 Å². The third-order valence-electron chi connectivity index (χ3n) is 3.34. The van der Waals surface area contributed by atoms with E-state index in [1.54, 1.807) is 42.5 Å². The highest BCUT2D eigenvalue weighted by Crippen LogP contribution is 2.33. The first-order chi connectivity index (χ1) is 11.0. The van der Waals surface area contributed by atoms with E-state index in [9.17, 15) is 13.2 Å². The average Bonchev–Trinajstić information content (AvgIpc) is 2.55. The van der Waals surface area contributed by atoms with Crippen LogP contribution in [0.1, 0.15) is 11.6 Å². The van der Waals surface area contributed by atoms with Crippen molar-refractivity contribution in [1.29, 1.82) is 0 Å². The molecule has 0 fully saturated rings. The monoisotopic (exact) mass is 331 g/mol. The average molecular weight is 331 g/mol. The van der Waals surface area contributed by atoms with E-state index in [1.807, 2.05) is 0 Å². The number of ether oxygens (including phenoxy) is 1. The lowest BCUT2D eigenvalue weighted by molar-refractivity contribution is -0.135. The van der Waals surface area contributed by atoms with E-state index in [2.05, 4.69) is 4.72 Å². The van der Waals surface area contributed by atoms with Crippen LogP contribution >= 0.6 is 0 Å². The third kappa shape index (κ3) is 3.10. The minimum absolute atomic E-state index is 0.106. The molecule has 0 aromatic heterocycles. The zero-order valence-electron chi connectivity index (χ0n) is 11.8. The van der Waals surface area contributed by atoms with Crippen molar-refractivity contribution in [2.24, 2.45) is 0 Å². The van der Waals surface area contributed by atoms with Gasteiger partial charge in [-0.1, -0.05) is 36.4 Å². The summed E-state index contributed by atoms with van der Waals surface area (Å²) in [4.78, 5) is 11.3. The quantitative estimate of drug-likeness (QED) is 0.894. The second-order valence-corrected chi connectivity index (χ2v) is 6.60. The van der Waals surface area contributed by atoms with Gasteiger partial charge in [0.25, 0.3) is 0 Å². The molecule has 0 bridgehead atoms. The van der Waals surface area contributed by atoms with Crippen LogP contribution in [-0.4, -0.2) is 19.5 Å². The number of benzene rings is 2. The fourth-order valence-corrected chi connectivity index (χ4v) is 3.45. The second kappa shape index (κ2) is 5.86. The van der Waals surface area contributed by atoms with Crippen LogP contribution in [0.2, 0.25) is 0 Å². The number of fused-ring (bicyclic) bond motifs is 1. The van der Waals surface area contributed by atoms with Crippen LogP contribution in [-0.2, 0) is 14.8 Å². The summed E-state index contributed by atoms with van der Waals surface area (Å²) in [5.41, 5.74) is 0.553. The highest BCUT2D eigenvalue weighted by atomic mass is 32.2. The molecular weight excluding hydrogens is 318 g/mol. The molecule has 0 radical (unpaired) electrons. The Labute approximate surface area is 133 Å². The molecule has 7 heteroatoms. The maximum atomic E-state index is 12.5. The summed E-state index contributed by atoms with van der Waals surface area (Å²) in [6.07, 6.45) is 1.24. The number of carboxylic acid groups (broad SMARTS) is 1. The van der Waals surface area contributed by atoms with Gasteiger partial charge in [0.05, 0.1) is 10.9 Å². The lowest BCUT2D eigenvalue weighted by Gasteiger charge is -2.24. The molecule has 0 amide bonds. The van der Waals surface area contributed by atoms with Crippen molar-refractivity contribution >= 4 is 16.0 Å². The van der Waals surface area contributed by atoms with E-state index in [4.69, 9.17) is 9.84 Å². The van der Waals surface area contributed by atoms with Gasteiger partial charge in [-0.05, 0) is 24.3 Å². The molecule has 3 rings (SSSR count). The Bertz CT molecular complexity index is 874. The molecule has 118 valence electrons. The summed E-state index contributed by atoms with van der Waals surface area (Å²) in [6.45, 7) is 0. The van der Waals surface area contributed by atoms with Gasteiger partial charge in [-0.15, -0.1) is 0 Å². The fraction of sp³-hybridized carbons (Fsp3) is 0.0625. The standard InChI is InChI=1S/C16H13NO5S/c18-16(19)15-10-13(12-8-4-5-9-14(12)22-15)17-23(20,21)11-6-2-1-3-7-11/h1-10,13,17H,(H,18,19). The molecule has 2 aromatic rings.